The summed E-state index contributed by atoms with van der Waals surface area (Å²) >= 11 is 0. The highest BCUT2D eigenvalue weighted by Crippen LogP contribution is 2.02. The molecule has 0 spiro atoms. The zero-order valence-electron chi connectivity index (χ0n) is 10.6. The highest BCUT2D eigenvalue weighted by Gasteiger charge is 2.10. The predicted octanol–water partition coefficient (Wildman–Crippen LogP) is 1.65. The number of morpholine rings is 1. The van der Waals surface area contributed by atoms with Crippen LogP contribution in [-0.2, 0) is 4.74 Å². The van der Waals surface area contributed by atoms with Crippen LogP contribution in [0.15, 0.2) is 12.7 Å². The summed E-state index contributed by atoms with van der Waals surface area (Å²) in [7, 11) is 0. The molecular weight excluding hydrogens is 200 g/mol. The van der Waals surface area contributed by atoms with Crippen LogP contribution < -0.4 is 5.32 Å². The molecule has 1 rings (SSSR count). The average Bonchev–Trinajstić information content (AvgIpc) is 2.31. The molecule has 3 heteroatoms. The molecule has 0 aliphatic carbocycles. The van der Waals surface area contributed by atoms with Gasteiger partial charge in [0.25, 0.3) is 0 Å². The Morgan fingerprint density at radius 1 is 1.44 bits per heavy atom. The van der Waals surface area contributed by atoms with E-state index in [1.807, 2.05) is 6.08 Å². The first-order chi connectivity index (χ1) is 7.86. The molecule has 1 saturated heterocycles. The molecule has 0 aromatic rings. The van der Waals surface area contributed by atoms with Crippen LogP contribution in [0.2, 0.25) is 0 Å². The normalized spacial score (nSPS) is 19.6. The fourth-order valence-corrected chi connectivity index (χ4v) is 2.10. The van der Waals surface area contributed by atoms with Crippen molar-refractivity contribution in [1.82, 2.24) is 10.2 Å². The number of ether oxygens (including phenoxy) is 1. The maximum atomic E-state index is 5.33. The Kier molecular flexibility index (Phi) is 7.47. The molecule has 1 aliphatic rings. The topological polar surface area (TPSA) is 24.5 Å². The van der Waals surface area contributed by atoms with Gasteiger partial charge in [-0.15, -0.1) is 6.58 Å². The number of hydrogen-bond acceptors (Lipinski definition) is 3. The lowest BCUT2D eigenvalue weighted by Crippen LogP contribution is -2.42. The first-order valence-corrected chi connectivity index (χ1v) is 6.51. The minimum absolute atomic E-state index is 0.614. The molecule has 1 unspecified atom stereocenters. The molecule has 0 saturated carbocycles. The molecule has 1 fully saturated rings. The summed E-state index contributed by atoms with van der Waals surface area (Å²) in [6.07, 6.45) is 5.58. The minimum Gasteiger partial charge on any atom is -0.379 e. The number of nitrogens with zero attached hydrogens (tertiary/aromatic N) is 1. The van der Waals surface area contributed by atoms with E-state index in [-0.39, 0.29) is 0 Å². The van der Waals surface area contributed by atoms with Gasteiger partial charge in [0, 0.05) is 32.2 Å². The maximum absolute atomic E-state index is 5.33. The van der Waals surface area contributed by atoms with Gasteiger partial charge in [-0.25, -0.2) is 0 Å². The Labute approximate surface area is 99.8 Å². The van der Waals surface area contributed by atoms with Gasteiger partial charge in [-0.2, -0.15) is 0 Å². The van der Waals surface area contributed by atoms with Crippen molar-refractivity contribution in [2.45, 2.75) is 32.2 Å². The van der Waals surface area contributed by atoms with Gasteiger partial charge in [0.15, 0.2) is 0 Å². The van der Waals surface area contributed by atoms with Gasteiger partial charge in [-0.1, -0.05) is 19.4 Å². The average molecular weight is 226 g/mol. The molecule has 1 N–H and O–H groups in total. The largest absolute Gasteiger partial charge is 0.379 e. The predicted molar refractivity (Wildman–Crippen MR) is 68.8 cm³/mol. The van der Waals surface area contributed by atoms with Crippen LogP contribution >= 0.6 is 0 Å². The number of nitrogens with one attached hydrogen (secondary N) is 1. The highest BCUT2D eigenvalue weighted by atomic mass is 16.5. The van der Waals surface area contributed by atoms with Gasteiger partial charge >= 0.3 is 0 Å². The number of hydrogen-bond donors (Lipinski definition) is 1. The molecule has 0 radical (unpaired) electrons. The second-order valence-electron chi connectivity index (χ2n) is 4.42. The van der Waals surface area contributed by atoms with Crippen LogP contribution in [0, 0.1) is 0 Å². The summed E-state index contributed by atoms with van der Waals surface area (Å²) in [5.41, 5.74) is 0. The quantitative estimate of drug-likeness (QED) is 0.637. The van der Waals surface area contributed by atoms with E-state index in [2.05, 4.69) is 23.7 Å². The fraction of sp³-hybridized carbons (Fsp3) is 0.846. The third kappa shape index (κ3) is 5.64. The van der Waals surface area contributed by atoms with Crippen molar-refractivity contribution in [2.75, 3.05) is 39.4 Å². The zero-order valence-corrected chi connectivity index (χ0v) is 10.6. The molecule has 0 bridgehead atoms. The Morgan fingerprint density at radius 3 is 2.81 bits per heavy atom. The van der Waals surface area contributed by atoms with E-state index >= 15 is 0 Å². The Hall–Kier alpha value is -0.380. The van der Waals surface area contributed by atoms with Crippen molar-refractivity contribution in [3.63, 3.8) is 0 Å². The molecule has 1 heterocycles. The molecule has 0 aromatic carbocycles. The van der Waals surface area contributed by atoms with E-state index in [9.17, 15) is 0 Å². The maximum Gasteiger partial charge on any atom is 0.0594 e. The standard InChI is InChI=1S/C13H26N2O/c1-3-5-13(6-4-2)14-7-8-15-9-11-16-12-10-15/h3,13-14H,1,4-12H2,2H3. The summed E-state index contributed by atoms with van der Waals surface area (Å²) in [6.45, 7) is 12.2. The molecule has 0 amide bonds. The van der Waals surface area contributed by atoms with Crippen molar-refractivity contribution in [3.8, 4) is 0 Å². The Bertz CT molecular complexity index is 179. The summed E-state index contributed by atoms with van der Waals surface area (Å²) in [5, 5.41) is 3.62. The summed E-state index contributed by atoms with van der Waals surface area (Å²) in [5.74, 6) is 0. The van der Waals surface area contributed by atoms with Crippen molar-refractivity contribution < 1.29 is 4.74 Å². The van der Waals surface area contributed by atoms with E-state index < -0.39 is 0 Å². The lowest BCUT2D eigenvalue weighted by Gasteiger charge is -2.27. The first-order valence-electron chi connectivity index (χ1n) is 6.51. The molecule has 0 aromatic heterocycles. The van der Waals surface area contributed by atoms with Crippen LogP contribution in [0.1, 0.15) is 26.2 Å². The van der Waals surface area contributed by atoms with Crippen LogP contribution in [0.3, 0.4) is 0 Å². The molecule has 94 valence electrons. The summed E-state index contributed by atoms with van der Waals surface area (Å²) in [6, 6.07) is 0.614. The lowest BCUT2D eigenvalue weighted by atomic mass is 10.1. The first kappa shape index (κ1) is 13.7. The second-order valence-corrected chi connectivity index (χ2v) is 4.42. The van der Waals surface area contributed by atoms with Crippen LogP contribution in [-0.4, -0.2) is 50.3 Å². The van der Waals surface area contributed by atoms with Crippen molar-refractivity contribution in [3.05, 3.63) is 12.7 Å². The fourth-order valence-electron chi connectivity index (χ4n) is 2.10. The number of rotatable bonds is 8. The van der Waals surface area contributed by atoms with Crippen molar-refractivity contribution in [2.24, 2.45) is 0 Å². The van der Waals surface area contributed by atoms with E-state index in [1.54, 1.807) is 0 Å². The highest BCUT2D eigenvalue weighted by molar-refractivity contribution is 4.78. The van der Waals surface area contributed by atoms with Crippen LogP contribution in [0.4, 0.5) is 0 Å². The summed E-state index contributed by atoms with van der Waals surface area (Å²) in [4.78, 5) is 2.47. The van der Waals surface area contributed by atoms with Crippen LogP contribution in [0.25, 0.3) is 0 Å². The second kappa shape index (κ2) is 8.74. The van der Waals surface area contributed by atoms with Crippen LogP contribution in [0.5, 0.6) is 0 Å². The molecule has 16 heavy (non-hydrogen) atoms. The van der Waals surface area contributed by atoms with E-state index in [0.717, 1.165) is 45.8 Å². The molecule has 3 nitrogen and oxygen atoms in total. The van der Waals surface area contributed by atoms with Gasteiger partial charge in [0.05, 0.1) is 13.2 Å². The SMILES string of the molecule is C=CCC(CCC)NCCN1CCOCC1. The third-order valence-corrected chi connectivity index (χ3v) is 3.05. The Morgan fingerprint density at radius 2 is 2.19 bits per heavy atom. The van der Waals surface area contributed by atoms with Gasteiger partial charge < -0.3 is 10.1 Å². The van der Waals surface area contributed by atoms with Crippen molar-refractivity contribution >= 4 is 0 Å². The lowest BCUT2D eigenvalue weighted by molar-refractivity contribution is 0.0381. The Balaban J connectivity index is 2.08. The monoisotopic (exact) mass is 226 g/mol. The zero-order chi connectivity index (χ0) is 11.6. The van der Waals surface area contributed by atoms with E-state index in [1.165, 1.54) is 12.8 Å². The van der Waals surface area contributed by atoms with Gasteiger partial charge in [-0.3, -0.25) is 4.90 Å². The van der Waals surface area contributed by atoms with Crippen molar-refractivity contribution in [1.29, 1.82) is 0 Å². The van der Waals surface area contributed by atoms with E-state index in [0.29, 0.717) is 6.04 Å². The molecule has 1 atom stereocenters. The van der Waals surface area contributed by atoms with Gasteiger partial charge in [0.2, 0.25) is 0 Å². The van der Waals surface area contributed by atoms with Gasteiger partial charge in [0.1, 0.15) is 0 Å². The smallest absolute Gasteiger partial charge is 0.0594 e. The van der Waals surface area contributed by atoms with Gasteiger partial charge in [-0.05, 0) is 12.8 Å². The minimum atomic E-state index is 0.614. The van der Waals surface area contributed by atoms with E-state index in [4.69, 9.17) is 4.74 Å². The third-order valence-electron chi connectivity index (χ3n) is 3.05. The molecule has 1 aliphatic heterocycles. The summed E-state index contributed by atoms with van der Waals surface area (Å²) < 4.78 is 5.33. The molecular formula is C13H26N2O.